The standard InChI is InChI=1S/C16H18ClNO2/c1-4-18(5-2)14-11(3)15(20-16(19)13(14)17)12-9-7-6-8-10-12/h6-10H,4-5H2,1-3H3. The van der Waals surface area contributed by atoms with Crippen LogP contribution in [0.2, 0.25) is 5.02 Å². The number of hydrogen-bond donors (Lipinski definition) is 0. The molecule has 20 heavy (non-hydrogen) atoms. The summed E-state index contributed by atoms with van der Waals surface area (Å²) in [5.74, 6) is 0.585. The lowest BCUT2D eigenvalue weighted by Crippen LogP contribution is -2.25. The zero-order valence-corrected chi connectivity index (χ0v) is 12.7. The summed E-state index contributed by atoms with van der Waals surface area (Å²) in [5.41, 5.74) is 2.06. The highest BCUT2D eigenvalue weighted by molar-refractivity contribution is 6.33. The third-order valence-corrected chi connectivity index (χ3v) is 3.73. The Bertz CT molecular complexity index is 646. The van der Waals surface area contributed by atoms with E-state index in [1.54, 1.807) is 0 Å². The molecule has 0 radical (unpaired) electrons. The van der Waals surface area contributed by atoms with Crippen LogP contribution in [0, 0.1) is 6.92 Å². The molecular weight excluding hydrogens is 274 g/mol. The Morgan fingerprint density at radius 2 is 1.75 bits per heavy atom. The fourth-order valence-corrected chi connectivity index (χ4v) is 2.66. The van der Waals surface area contributed by atoms with Gasteiger partial charge >= 0.3 is 5.63 Å². The fraction of sp³-hybridized carbons (Fsp3) is 0.312. The Balaban J connectivity index is 2.71. The molecule has 1 aromatic heterocycles. The first-order chi connectivity index (χ1) is 9.60. The maximum atomic E-state index is 12.0. The van der Waals surface area contributed by atoms with E-state index in [1.807, 2.05) is 51.1 Å². The highest BCUT2D eigenvalue weighted by Gasteiger charge is 2.19. The molecule has 0 aliphatic carbocycles. The average molecular weight is 292 g/mol. The van der Waals surface area contributed by atoms with Gasteiger partial charge in [-0.3, -0.25) is 0 Å². The highest BCUT2D eigenvalue weighted by Crippen LogP contribution is 2.33. The second kappa shape index (κ2) is 6.14. The van der Waals surface area contributed by atoms with Crippen LogP contribution in [0.4, 0.5) is 5.69 Å². The van der Waals surface area contributed by atoms with E-state index in [4.69, 9.17) is 16.0 Å². The van der Waals surface area contributed by atoms with E-state index in [1.165, 1.54) is 0 Å². The zero-order valence-electron chi connectivity index (χ0n) is 11.9. The number of rotatable bonds is 4. The molecular formula is C16H18ClNO2. The minimum absolute atomic E-state index is 0.158. The smallest absolute Gasteiger partial charge is 0.357 e. The molecule has 0 fully saturated rings. The van der Waals surface area contributed by atoms with Crippen LogP contribution < -0.4 is 10.5 Å². The molecule has 0 unspecified atom stereocenters. The van der Waals surface area contributed by atoms with Gasteiger partial charge in [-0.15, -0.1) is 0 Å². The summed E-state index contributed by atoms with van der Waals surface area (Å²) in [6.07, 6.45) is 0. The highest BCUT2D eigenvalue weighted by atomic mass is 35.5. The second-order valence-corrected chi connectivity index (χ2v) is 4.92. The lowest BCUT2D eigenvalue weighted by molar-refractivity contribution is 0.522. The molecule has 1 heterocycles. The topological polar surface area (TPSA) is 33.5 Å². The number of anilines is 1. The van der Waals surface area contributed by atoms with Gasteiger partial charge in [-0.2, -0.15) is 0 Å². The van der Waals surface area contributed by atoms with Crippen molar-refractivity contribution in [2.75, 3.05) is 18.0 Å². The van der Waals surface area contributed by atoms with Crippen molar-refractivity contribution in [1.29, 1.82) is 0 Å². The van der Waals surface area contributed by atoms with Crippen LogP contribution in [-0.2, 0) is 0 Å². The molecule has 3 nitrogen and oxygen atoms in total. The van der Waals surface area contributed by atoms with Crippen molar-refractivity contribution < 1.29 is 4.42 Å². The molecule has 0 amide bonds. The third kappa shape index (κ3) is 2.59. The number of halogens is 1. The molecule has 0 saturated heterocycles. The number of benzene rings is 1. The predicted octanol–water partition coefficient (Wildman–Crippen LogP) is 4.11. The zero-order chi connectivity index (χ0) is 14.7. The van der Waals surface area contributed by atoms with Gasteiger partial charge in [0.1, 0.15) is 10.8 Å². The Morgan fingerprint density at radius 3 is 2.30 bits per heavy atom. The number of hydrogen-bond acceptors (Lipinski definition) is 3. The molecule has 0 atom stereocenters. The third-order valence-electron chi connectivity index (χ3n) is 3.39. The Morgan fingerprint density at radius 1 is 1.15 bits per heavy atom. The van der Waals surface area contributed by atoms with Crippen molar-refractivity contribution in [2.45, 2.75) is 20.8 Å². The van der Waals surface area contributed by atoms with Gasteiger partial charge in [-0.05, 0) is 20.8 Å². The predicted molar refractivity (Wildman–Crippen MR) is 83.7 cm³/mol. The van der Waals surface area contributed by atoms with Gasteiger partial charge in [0.15, 0.2) is 0 Å². The van der Waals surface area contributed by atoms with E-state index >= 15 is 0 Å². The molecule has 0 saturated carbocycles. The van der Waals surface area contributed by atoms with Crippen LogP contribution in [0.25, 0.3) is 11.3 Å². The van der Waals surface area contributed by atoms with Crippen LogP contribution in [0.3, 0.4) is 0 Å². The molecule has 0 spiro atoms. The van der Waals surface area contributed by atoms with Crippen LogP contribution in [0.5, 0.6) is 0 Å². The Kier molecular flexibility index (Phi) is 4.50. The first-order valence-corrected chi connectivity index (χ1v) is 7.11. The largest absolute Gasteiger partial charge is 0.421 e. The summed E-state index contributed by atoms with van der Waals surface area (Å²) in [5, 5.41) is 0.158. The van der Waals surface area contributed by atoms with Crippen LogP contribution in [-0.4, -0.2) is 13.1 Å². The van der Waals surface area contributed by atoms with Crippen molar-refractivity contribution in [3.8, 4) is 11.3 Å². The molecule has 0 aliphatic heterocycles. The van der Waals surface area contributed by atoms with Crippen LogP contribution >= 0.6 is 11.6 Å². The molecule has 0 N–H and O–H groups in total. The lowest BCUT2D eigenvalue weighted by atomic mass is 10.1. The summed E-state index contributed by atoms with van der Waals surface area (Å²) in [7, 11) is 0. The normalized spacial score (nSPS) is 10.6. The van der Waals surface area contributed by atoms with Crippen molar-refractivity contribution in [3.05, 3.63) is 51.3 Å². The minimum Gasteiger partial charge on any atom is -0.421 e. The summed E-state index contributed by atoms with van der Waals surface area (Å²) in [4.78, 5) is 14.1. The molecule has 106 valence electrons. The number of nitrogens with zero attached hydrogens (tertiary/aromatic N) is 1. The van der Waals surface area contributed by atoms with E-state index in [0.29, 0.717) is 5.76 Å². The van der Waals surface area contributed by atoms with E-state index in [2.05, 4.69) is 4.90 Å². The Labute approximate surface area is 123 Å². The van der Waals surface area contributed by atoms with Gasteiger partial charge in [0.2, 0.25) is 0 Å². The van der Waals surface area contributed by atoms with Crippen molar-refractivity contribution >= 4 is 17.3 Å². The lowest BCUT2D eigenvalue weighted by Gasteiger charge is -2.24. The Hall–Kier alpha value is -1.74. The molecule has 0 bridgehead atoms. The van der Waals surface area contributed by atoms with Gasteiger partial charge in [-0.1, -0.05) is 41.9 Å². The first kappa shape index (κ1) is 14.7. The monoisotopic (exact) mass is 291 g/mol. The van der Waals surface area contributed by atoms with E-state index < -0.39 is 5.63 Å². The van der Waals surface area contributed by atoms with E-state index in [0.717, 1.165) is 29.9 Å². The summed E-state index contributed by atoms with van der Waals surface area (Å²) < 4.78 is 5.39. The SMILES string of the molecule is CCN(CC)c1c(C)c(-c2ccccc2)oc(=O)c1Cl. The van der Waals surface area contributed by atoms with E-state index in [9.17, 15) is 4.79 Å². The molecule has 0 aliphatic rings. The van der Waals surface area contributed by atoms with Crippen LogP contribution in [0.1, 0.15) is 19.4 Å². The van der Waals surface area contributed by atoms with Gasteiger partial charge in [0.05, 0.1) is 5.69 Å². The summed E-state index contributed by atoms with van der Waals surface area (Å²) in [6.45, 7) is 7.58. The van der Waals surface area contributed by atoms with Crippen molar-refractivity contribution in [3.63, 3.8) is 0 Å². The van der Waals surface area contributed by atoms with Crippen molar-refractivity contribution in [1.82, 2.24) is 0 Å². The second-order valence-electron chi connectivity index (χ2n) is 4.54. The molecule has 4 heteroatoms. The minimum atomic E-state index is -0.488. The maximum Gasteiger partial charge on any atom is 0.357 e. The fourth-order valence-electron chi connectivity index (χ4n) is 2.36. The van der Waals surface area contributed by atoms with Gasteiger partial charge in [-0.25, -0.2) is 4.79 Å². The molecule has 2 rings (SSSR count). The average Bonchev–Trinajstić information content (AvgIpc) is 2.48. The summed E-state index contributed by atoms with van der Waals surface area (Å²) >= 11 is 6.16. The quantitative estimate of drug-likeness (QED) is 0.850. The van der Waals surface area contributed by atoms with Gasteiger partial charge < -0.3 is 9.32 Å². The first-order valence-electron chi connectivity index (χ1n) is 6.73. The van der Waals surface area contributed by atoms with Crippen molar-refractivity contribution in [2.24, 2.45) is 0 Å². The maximum absolute atomic E-state index is 12.0. The molecule has 1 aromatic carbocycles. The van der Waals surface area contributed by atoms with E-state index in [-0.39, 0.29) is 5.02 Å². The van der Waals surface area contributed by atoms with Crippen LogP contribution in [0.15, 0.2) is 39.5 Å². The van der Waals surface area contributed by atoms with Gasteiger partial charge in [0, 0.05) is 24.2 Å². The summed E-state index contributed by atoms with van der Waals surface area (Å²) in [6, 6.07) is 9.61. The molecule has 2 aromatic rings. The van der Waals surface area contributed by atoms with Gasteiger partial charge in [0.25, 0.3) is 0 Å².